The molecule has 0 fully saturated rings. The van der Waals surface area contributed by atoms with Gasteiger partial charge in [0.2, 0.25) is 10.0 Å². The number of rotatable bonds is 9. The van der Waals surface area contributed by atoms with E-state index < -0.39 is 26.6 Å². The molecule has 6 nitrogen and oxygen atoms in total. The average Bonchev–Trinajstić information content (AvgIpc) is 3.26. The first-order chi connectivity index (χ1) is 14.9. The summed E-state index contributed by atoms with van der Waals surface area (Å²) in [4.78, 5) is 18.5. The van der Waals surface area contributed by atoms with Crippen molar-refractivity contribution >= 4 is 32.4 Å². The van der Waals surface area contributed by atoms with Crippen molar-refractivity contribution in [1.82, 2.24) is 9.71 Å². The van der Waals surface area contributed by atoms with Crippen molar-refractivity contribution in [3.05, 3.63) is 90.6 Å². The number of halogens is 1. The first-order valence-electron chi connectivity index (χ1n) is 9.21. The predicted molar refractivity (Wildman–Crippen MR) is 121 cm³/mol. The number of aromatic nitrogens is 1. The van der Waals surface area contributed by atoms with Gasteiger partial charge in [0, 0.05) is 29.6 Å². The van der Waals surface area contributed by atoms with Crippen LogP contribution in [-0.2, 0) is 10.0 Å². The van der Waals surface area contributed by atoms with Crippen LogP contribution in [0, 0.1) is 5.82 Å². The lowest BCUT2D eigenvalue weighted by atomic mass is 10.2. The minimum atomic E-state index is -4.14. The molecule has 0 saturated heterocycles. The molecule has 0 aliphatic carbocycles. The maximum Gasteiger partial charge on any atom is 0.260 e. The van der Waals surface area contributed by atoms with Gasteiger partial charge in [0.15, 0.2) is 5.13 Å². The molecular weight excluding hydrogens is 437 g/mol. The van der Waals surface area contributed by atoms with Crippen molar-refractivity contribution in [1.29, 1.82) is 0 Å². The van der Waals surface area contributed by atoms with Crippen LogP contribution >= 0.6 is 11.3 Å². The van der Waals surface area contributed by atoms with Crippen molar-refractivity contribution in [2.45, 2.75) is 4.90 Å². The Morgan fingerprint density at radius 1 is 1.16 bits per heavy atom. The van der Waals surface area contributed by atoms with Gasteiger partial charge < -0.3 is 0 Å². The molecule has 1 amide bonds. The lowest BCUT2D eigenvalue weighted by Crippen LogP contribution is -2.31. The van der Waals surface area contributed by atoms with Crippen LogP contribution in [-0.4, -0.2) is 32.4 Å². The van der Waals surface area contributed by atoms with Gasteiger partial charge >= 0.3 is 0 Å². The summed E-state index contributed by atoms with van der Waals surface area (Å²) in [7, 11) is -4.14. The number of nitrogens with one attached hydrogen (secondary N) is 1. The van der Waals surface area contributed by atoms with Crippen molar-refractivity contribution in [3.63, 3.8) is 0 Å². The number of nitrogens with zero attached hydrogens (tertiary/aromatic N) is 2. The Balaban J connectivity index is 1.96. The normalized spacial score (nSPS) is 11.1. The zero-order valence-electron chi connectivity index (χ0n) is 16.5. The fraction of sp³-hybridized carbons (Fsp3) is 0.0909. The van der Waals surface area contributed by atoms with E-state index in [-0.39, 0.29) is 18.7 Å². The van der Waals surface area contributed by atoms with Crippen molar-refractivity contribution in [2.75, 3.05) is 18.0 Å². The summed E-state index contributed by atoms with van der Waals surface area (Å²) in [6.45, 7) is 7.19. The molecule has 9 heteroatoms. The van der Waals surface area contributed by atoms with E-state index in [1.165, 1.54) is 34.5 Å². The molecule has 0 bridgehead atoms. The third-order valence-corrected chi connectivity index (χ3v) is 6.54. The highest BCUT2D eigenvalue weighted by molar-refractivity contribution is 7.89. The first kappa shape index (κ1) is 22.5. The number of carbonyl (C=O) groups is 1. The number of benzene rings is 2. The van der Waals surface area contributed by atoms with Crippen LogP contribution in [0.5, 0.6) is 0 Å². The Kier molecular flexibility index (Phi) is 7.11. The van der Waals surface area contributed by atoms with Gasteiger partial charge in [-0.05, 0) is 18.2 Å². The summed E-state index contributed by atoms with van der Waals surface area (Å²) in [6, 6.07) is 12.7. The number of thiazole rings is 1. The van der Waals surface area contributed by atoms with E-state index >= 15 is 0 Å². The van der Waals surface area contributed by atoms with Gasteiger partial charge in [-0.1, -0.05) is 42.5 Å². The zero-order chi connectivity index (χ0) is 22.4. The van der Waals surface area contributed by atoms with Gasteiger partial charge in [0.25, 0.3) is 5.91 Å². The summed E-state index contributed by atoms with van der Waals surface area (Å²) in [5.74, 6) is -1.47. The minimum Gasteiger partial charge on any atom is -0.280 e. The van der Waals surface area contributed by atoms with Crippen molar-refractivity contribution < 1.29 is 17.6 Å². The quantitative estimate of drug-likeness (QED) is 0.487. The molecule has 31 heavy (non-hydrogen) atoms. The van der Waals surface area contributed by atoms with Crippen LogP contribution in [0.1, 0.15) is 10.4 Å². The van der Waals surface area contributed by atoms with Crippen LogP contribution in [0.2, 0.25) is 0 Å². The number of anilines is 1. The summed E-state index contributed by atoms with van der Waals surface area (Å²) in [5, 5.41) is 2.25. The summed E-state index contributed by atoms with van der Waals surface area (Å²) in [6.07, 6.45) is 2.87. The molecule has 0 saturated carbocycles. The zero-order valence-corrected chi connectivity index (χ0v) is 18.1. The molecule has 160 valence electrons. The number of carbonyl (C=O) groups excluding carboxylic acids is 1. The fourth-order valence-corrected chi connectivity index (χ4v) is 4.69. The van der Waals surface area contributed by atoms with Crippen molar-refractivity contribution in [2.24, 2.45) is 0 Å². The number of hydrogen-bond donors (Lipinski definition) is 1. The molecule has 0 spiro atoms. The lowest BCUT2D eigenvalue weighted by molar-refractivity contribution is 0.0989. The predicted octanol–water partition coefficient (Wildman–Crippen LogP) is 4.25. The molecule has 0 atom stereocenters. The Morgan fingerprint density at radius 2 is 1.90 bits per heavy atom. The second-order valence-corrected chi connectivity index (χ2v) is 8.94. The smallest absolute Gasteiger partial charge is 0.260 e. The average molecular weight is 458 g/mol. The maximum absolute atomic E-state index is 14.2. The van der Waals surface area contributed by atoms with E-state index in [0.29, 0.717) is 10.8 Å². The van der Waals surface area contributed by atoms with E-state index in [0.717, 1.165) is 17.7 Å². The van der Waals surface area contributed by atoms with Crippen LogP contribution in [0.3, 0.4) is 0 Å². The number of hydrogen-bond acceptors (Lipinski definition) is 5. The summed E-state index contributed by atoms with van der Waals surface area (Å²) in [5.41, 5.74) is 1.62. The molecule has 0 unspecified atom stereocenters. The molecule has 1 N–H and O–H groups in total. The van der Waals surface area contributed by atoms with E-state index in [4.69, 9.17) is 0 Å². The van der Waals surface area contributed by atoms with Crippen LogP contribution < -0.4 is 9.62 Å². The fourth-order valence-electron chi connectivity index (χ4n) is 2.75. The Hall–Kier alpha value is -3.14. The second kappa shape index (κ2) is 9.78. The van der Waals surface area contributed by atoms with Crippen LogP contribution in [0.15, 0.2) is 84.1 Å². The van der Waals surface area contributed by atoms with Gasteiger partial charge in [-0.15, -0.1) is 24.5 Å². The highest BCUT2D eigenvalue weighted by Crippen LogP contribution is 2.29. The number of sulfonamides is 1. The molecule has 0 aliphatic heterocycles. The molecule has 3 aromatic rings. The first-order valence-corrected chi connectivity index (χ1v) is 11.6. The van der Waals surface area contributed by atoms with Gasteiger partial charge in [0.1, 0.15) is 10.7 Å². The van der Waals surface area contributed by atoms with Gasteiger partial charge in [-0.2, -0.15) is 0 Å². The monoisotopic (exact) mass is 457 g/mol. The SMILES string of the molecule is C=CCNS(=O)(=O)c1cc(C(=O)N(CC=C)c2nc(-c3ccccc3)cs2)ccc1F. The molecule has 0 aliphatic rings. The largest absolute Gasteiger partial charge is 0.280 e. The molecule has 0 radical (unpaired) electrons. The van der Waals surface area contributed by atoms with Gasteiger partial charge in [-0.25, -0.2) is 22.5 Å². The van der Waals surface area contributed by atoms with E-state index in [1.54, 1.807) is 0 Å². The highest BCUT2D eigenvalue weighted by Gasteiger charge is 2.24. The van der Waals surface area contributed by atoms with E-state index in [9.17, 15) is 17.6 Å². The third kappa shape index (κ3) is 5.13. The molecular formula is C22H20FN3O3S2. The van der Waals surface area contributed by atoms with Crippen LogP contribution in [0.4, 0.5) is 9.52 Å². The van der Waals surface area contributed by atoms with Gasteiger partial charge in [0.05, 0.1) is 5.69 Å². The summed E-state index contributed by atoms with van der Waals surface area (Å²) < 4.78 is 41.1. The van der Waals surface area contributed by atoms with E-state index in [2.05, 4.69) is 22.9 Å². The van der Waals surface area contributed by atoms with E-state index in [1.807, 2.05) is 35.7 Å². The number of amides is 1. The highest BCUT2D eigenvalue weighted by atomic mass is 32.2. The van der Waals surface area contributed by atoms with Crippen LogP contribution in [0.25, 0.3) is 11.3 Å². The minimum absolute atomic E-state index is 0.0127. The standard InChI is InChI=1S/C22H20FN3O3S2/c1-3-12-24-31(28,29)20-14-17(10-11-18(20)23)21(27)26(13-4-2)22-25-19(15-30-22)16-8-6-5-7-9-16/h3-11,14-15,24H,1-2,12-13H2. The Morgan fingerprint density at radius 3 is 2.58 bits per heavy atom. The second-order valence-electron chi connectivity index (χ2n) is 6.37. The lowest BCUT2D eigenvalue weighted by Gasteiger charge is -2.18. The molecule has 2 aromatic carbocycles. The Bertz CT molecular complexity index is 1210. The maximum atomic E-state index is 14.2. The Labute approximate surface area is 184 Å². The van der Waals surface area contributed by atoms with Gasteiger partial charge in [-0.3, -0.25) is 9.69 Å². The van der Waals surface area contributed by atoms with Crippen molar-refractivity contribution in [3.8, 4) is 11.3 Å². The third-order valence-electron chi connectivity index (χ3n) is 4.23. The molecule has 1 heterocycles. The topological polar surface area (TPSA) is 79.4 Å². The molecule has 1 aromatic heterocycles. The molecule has 3 rings (SSSR count). The summed E-state index contributed by atoms with van der Waals surface area (Å²) >= 11 is 1.27.